The number of carbonyl (C=O) groups is 3. The van der Waals surface area contributed by atoms with Crippen LogP contribution < -0.4 is 5.32 Å². The molecule has 0 atom stereocenters. The molecule has 0 aliphatic heterocycles. The topological polar surface area (TPSA) is 113 Å². The zero-order valence-corrected chi connectivity index (χ0v) is 26.5. The van der Waals surface area contributed by atoms with Crippen LogP contribution in [0.15, 0.2) is 120 Å². The number of hydrogen-bond acceptors (Lipinski definition) is 6. The van der Waals surface area contributed by atoms with Gasteiger partial charge in [-0.3, -0.25) is 10.1 Å². The summed E-state index contributed by atoms with van der Waals surface area (Å²) in [5.74, 6) is -0.763. The molecule has 4 rings (SSSR count). The first-order valence-electron chi connectivity index (χ1n) is 14.5. The van der Waals surface area contributed by atoms with Crippen molar-refractivity contribution in [3.8, 4) is 0 Å². The third kappa shape index (κ3) is 8.79. The Labute approximate surface area is 264 Å². The van der Waals surface area contributed by atoms with Crippen LogP contribution in [-0.2, 0) is 27.6 Å². The first-order chi connectivity index (χ1) is 21.3. The number of rotatable bonds is 8. The lowest BCUT2D eigenvalue weighted by atomic mass is 9.98. The quantitative estimate of drug-likeness (QED) is 0.222. The molecule has 4 aromatic carbocycles. The Morgan fingerprint density at radius 1 is 0.733 bits per heavy atom. The Bertz CT molecular complexity index is 1660. The Kier molecular flexibility index (Phi) is 10.4. The fourth-order valence-electron chi connectivity index (χ4n) is 4.64. The molecule has 0 fully saturated rings. The van der Waals surface area contributed by atoms with Crippen LogP contribution in [0.4, 0.5) is 9.59 Å². The molecule has 0 saturated carbocycles. The fourth-order valence-corrected chi connectivity index (χ4v) is 6.00. The molecule has 10 heteroatoms. The van der Waals surface area contributed by atoms with Gasteiger partial charge in [0, 0.05) is 5.56 Å². The van der Waals surface area contributed by atoms with Gasteiger partial charge in [0.2, 0.25) is 0 Å². The lowest BCUT2D eigenvalue weighted by molar-refractivity contribution is -0.00771. The molecule has 0 saturated heterocycles. The van der Waals surface area contributed by atoms with Gasteiger partial charge >= 0.3 is 12.1 Å². The van der Waals surface area contributed by atoms with E-state index < -0.39 is 39.7 Å². The van der Waals surface area contributed by atoms with Gasteiger partial charge in [-0.25, -0.2) is 14.6 Å². The molecular weight excluding hydrogens is 590 g/mol. The molecule has 0 aliphatic carbocycles. The van der Waals surface area contributed by atoms with E-state index in [1.165, 1.54) is 24.3 Å². The fraction of sp³-hybridized carbons (Fsp3) is 0.229. The van der Waals surface area contributed by atoms with Gasteiger partial charge < -0.3 is 4.74 Å². The second-order valence-corrected chi connectivity index (χ2v) is 13.3. The summed E-state index contributed by atoms with van der Waals surface area (Å²) in [5.41, 5.74) is 1.42. The Balaban J connectivity index is 1.92. The molecule has 0 aliphatic rings. The molecule has 0 spiro atoms. The monoisotopic (exact) mass is 627 g/mol. The number of nitrogens with one attached hydrogen (secondary N) is 1. The highest BCUT2D eigenvalue weighted by molar-refractivity contribution is 7.89. The average Bonchev–Trinajstić information content (AvgIpc) is 3.00. The highest BCUT2D eigenvalue weighted by Crippen LogP contribution is 2.27. The van der Waals surface area contributed by atoms with Crippen LogP contribution in [0.3, 0.4) is 0 Å². The van der Waals surface area contributed by atoms with Crippen molar-refractivity contribution in [2.45, 2.75) is 57.1 Å². The van der Waals surface area contributed by atoms with Crippen molar-refractivity contribution in [3.05, 3.63) is 138 Å². The lowest BCUT2D eigenvalue weighted by Crippen LogP contribution is -2.61. The number of benzene rings is 4. The first kappa shape index (κ1) is 32.9. The molecule has 0 heterocycles. The molecular formula is C35H37N3O6S. The van der Waals surface area contributed by atoms with Crippen molar-refractivity contribution in [2.24, 2.45) is 0 Å². The van der Waals surface area contributed by atoms with E-state index in [1.54, 1.807) is 58.0 Å². The molecule has 4 aromatic rings. The van der Waals surface area contributed by atoms with E-state index in [-0.39, 0.29) is 23.3 Å². The highest BCUT2D eigenvalue weighted by Gasteiger charge is 2.44. The number of hydrogen-bond donors (Lipinski definition) is 1. The number of nitrogens with zero attached hydrogens (tertiary/aromatic N) is 2. The summed E-state index contributed by atoms with van der Waals surface area (Å²) in [5, 5.41) is 3.12. The van der Waals surface area contributed by atoms with E-state index in [2.05, 4.69) is 5.32 Å². The highest BCUT2D eigenvalue weighted by atomic mass is 32.2. The second-order valence-electron chi connectivity index (χ2n) is 11.5. The average molecular weight is 628 g/mol. The predicted molar refractivity (Wildman–Crippen MR) is 172 cm³/mol. The van der Waals surface area contributed by atoms with Crippen molar-refractivity contribution in [1.29, 1.82) is 0 Å². The van der Waals surface area contributed by atoms with Crippen LogP contribution in [0.5, 0.6) is 0 Å². The molecule has 9 nitrogen and oxygen atoms in total. The largest absolute Gasteiger partial charge is 0.444 e. The molecule has 45 heavy (non-hydrogen) atoms. The van der Waals surface area contributed by atoms with Crippen molar-refractivity contribution in [1.82, 2.24) is 14.7 Å². The number of amides is 4. The summed E-state index contributed by atoms with van der Waals surface area (Å²) in [6, 6.07) is 30.2. The lowest BCUT2D eigenvalue weighted by Gasteiger charge is -2.39. The minimum absolute atomic E-state index is 0.144. The predicted octanol–water partition coefficient (Wildman–Crippen LogP) is 6.54. The van der Waals surface area contributed by atoms with Gasteiger partial charge in [0.05, 0.1) is 10.9 Å². The molecule has 0 aromatic heterocycles. The van der Waals surface area contributed by atoms with Gasteiger partial charge in [0.25, 0.3) is 15.9 Å². The maximum atomic E-state index is 14.4. The zero-order chi connectivity index (χ0) is 32.6. The Hall–Kier alpha value is -4.96. The minimum atomic E-state index is -4.75. The van der Waals surface area contributed by atoms with Crippen LogP contribution in [0.1, 0.15) is 47.8 Å². The summed E-state index contributed by atoms with van der Waals surface area (Å²) in [4.78, 5) is 41.2. The van der Waals surface area contributed by atoms with Crippen molar-refractivity contribution in [2.75, 3.05) is 0 Å². The SMILES string of the molecule is Cc1ccc(S(=O)(=O)N(C(=O)OC(C)(C)C)N(C(=O)NC(=O)c2ccccc2)C(Cc2ccccc2)Cc2ccccc2)cc1. The number of aryl methyl sites for hydroxylation is 1. The number of sulfonamides is 1. The number of hydrazine groups is 1. The van der Waals surface area contributed by atoms with Crippen LogP contribution in [-0.4, -0.2) is 47.5 Å². The summed E-state index contributed by atoms with van der Waals surface area (Å²) in [7, 11) is -4.75. The van der Waals surface area contributed by atoms with Gasteiger partial charge in [-0.15, -0.1) is 0 Å². The Morgan fingerprint density at radius 3 is 1.67 bits per heavy atom. The van der Waals surface area contributed by atoms with Gasteiger partial charge in [0.1, 0.15) is 5.60 Å². The molecule has 0 unspecified atom stereocenters. The summed E-state index contributed by atoms with van der Waals surface area (Å²) < 4.78 is 34.8. The maximum absolute atomic E-state index is 14.4. The minimum Gasteiger partial charge on any atom is -0.442 e. The van der Waals surface area contributed by atoms with Crippen LogP contribution in [0.2, 0.25) is 0 Å². The van der Waals surface area contributed by atoms with Crippen LogP contribution >= 0.6 is 0 Å². The van der Waals surface area contributed by atoms with Crippen molar-refractivity contribution < 1.29 is 27.5 Å². The zero-order valence-electron chi connectivity index (χ0n) is 25.7. The molecule has 4 amide bonds. The third-order valence-electron chi connectivity index (χ3n) is 6.73. The molecule has 0 radical (unpaired) electrons. The number of ether oxygens (including phenoxy) is 1. The summed E-state index contributed by atoms with van der Waals surface area (Å²) >= 11 is 0. The number of imide groups is 1. The number of carbonyl (C=O) groups excluding carboxylic acids is 3. The van der Waals surface area contributed by atoms with Gasteiger partial charge in [-0.2, -0.15) is 8.42 Å². The van der Waals surface area contributed by atoms with Crippen molar-refractivity contribution in [3.63, 3.8) is 0 Å². The molecule has 1 N–H and O–H groups in total. The molecule has 234 valence electrons. The second kappa shape index (κ2) is 14.2. The van der Waals surface area contributed by atoms with Crippen LogP contribution in [0.25, 0.3) is 0 Å². The van der Waals surface area contributed by atoms with E-state index >= 15 is 0 Å². The van der Waals surface area contributed by atoms with E-state index in [4.69, 9.17) is 4.74 Å². The van der Waals surface area contributed by atoms with Crippen LogP contribution in [0, 0.1) is 6.92 Å². The van der Waals surface area contributed by atoms with E-state index in [0.717, 1.165) is 21.7 Å². The third-order valence-corrected chi connectivity index (χ3v) is 8.38. The van der Waals surface area contributed by atoms with E-state index in [1.807, 2.05) is 60.7 Å². The standard InChI is InChI=1S/C35H37N3O6S/c1-26-20-22-31(23-21-26)45(42,43)38(34(41)44-35(2,3)4)37(33(40)36-32(39)29-18-12-7-13-19-29)30(24-27-14-8-5-9-15-27)25-28-16-10-6-11-17-28/h5-23,30H,24-25H2,1-4H3,(H,36,39,40). The first-order valence-corrected chi connectivity index (χ1v) is 15.9. The normalized spacial score (nSPS) is 11.5. The van der Waals surface area contributed by atoms with Gasteiger partial charge in [0.15, 0.2) is 0 Å². The van der Waals surface area contributed by atoms with Gasteiger partial charge in [-0.05, 0) is 75.9 Å². The van der Waals surface area contributed by atoms with Gasteiger partial charge in [-0.1, -0.05) is 101 Å². The van der Waals surface area contributed by atoms with E-state index in [9.17, 15) is 22.8 Å². The van der Waals surface area contributed by atoms with E-state index in [0.29, 0.717) is 4.41 Å². The smallest absolute Gasteiger partial charge is 0.442 e. The maximum Gasteiger partial charge on any atom is 0.444 e. The molecule has 0 bridgehead atoms. The Morgan fingerprint density at radius 2 is 1.20 bits per heavy atom. The van der Waals surface area contributed by atoms with Crippen molar-refractivity contribution >= 4 is 28.1 Å². The summed E-state index contributed by atoms with van der Waals surface area (Å²) in [6.45, 7) is 6.58. The summed E-state index contributed by atoms with van der Waals surface area (Å²) in [6.07, 6.45) is -1.01. The number of urea groups is 1.